The normalized spacial score (nSPS) is 43.1. The molecule has 8 nitrogen and oxygen atoms in total. The van der Waals surface area contributed by atoms with Gasteiger partial charge in [-0.3, -0.25) is 19.2 Å². The monoisotopic (exact) mass is 506 g/mol. The highest BCUT2D eigenvalue weighted by Crippen LogP contribution is 2.71. The zero-order valence-electron chi connectivity index (χ0n) is 21.2. The summed E-state index contributed by atoms with van der Waals surface area (Å²) in [5.41, 5.74) is -5.56. The molecule has 4 aliphatic rings. The Labute approximate surface area is 209 Å². The molecule has 0 aromatic carbocycles. The number of ether oxygens (including phenoxy) is 2. The van der Waals surface area contributed by atoms with E-state index in [1.165, 1.54) is 19.3 Å². The van der Waals surface area contributed by atoms with Crippen LogP contribution in [0.4, 0.5) is 4.39 Å². The molecule has 3 saturated carbocycles. The van der Waals surface area contributed by atoms with E-state index in [0.717, 1.165) is 0 Å². The molecule has 8 atom stereocenters. The lowest BCUT2D eigenvalue weighted by atomic mass is 9.44. The van der Waals surface area contributed by atoms with E-state index in [2.05, 4.69) is 4.74 Å². The van der Waals surface area contributed by atoms with E-state index in [0.29, 0.717) is 24.8 Å². The lowest BCUT2D eigenvalue weighted by Crippen LogP contribution is -2.70. The first kappa shape index (κ1) is 26.7. The van der Waals surface area contributed by atoms with Crippen molar-refractivity contribution in [3.05, 3.63) is 23.8 Å². The number of fused-ring (bicyclic) bond motifs is 5. The number of allylic oxidation sites excluding steroid dienone is 4. The predicted octanol–water partition coefficient (Wildman–Crippen LogP) is 2.40. The second-order valence-electron chi connectivity index (χ2n) is 11.3. The molecular formula is C27H35FO8. The van der Waals surface area contributed by atoms with Crippen molar-refractivity contribution in [3.8, 4) is 0 Å². The molecule has 0 aromatic rings. The number of rotatable bonds is 6. The Hall–Kier alpha value is -2.39. The molecule has 0 amide bonds. The van der Waals surface area contributed by atoms with Crippen molar-refractivity contribution in [2.45, 2.75) is 76.7 Å². The van der Waals surface area contributed by atoms with Crippen molar-refractivity contribution in [2.75, 3.05) is 13.7 Å². The Balaban J connectivity index is 1.76. The SMILES string of the molecule is COC(=O)CCC(=O)O[C@]1(C(=O)CO)[C@@H](C)C[C@H]2[C@@H]3CCC4=CC(=O)C=C[C@]4(C)[C@@]3(F)[C@@H](O)C[C@@]21C. The maximum Gasteiger partial charge on any atom is 0.307 e. The van der Waals surface area contributed by atoms with Gasteiger partial charge in [0.05, 0.1) is 26.1 Å². The number of aliphatic hydroxyl groups is 2. The number of hydrogen-bond donors (Lipinski definition) is 2. The molecule has 4 aliphatic carbocycles. The predicted molar refractivity (Wildman–Crippen MR) is 125 cm³/mol. The van der Waals surface area contributed by atoms with Gasteiger partial charge in [-0.2, -0.15) is 0 Å². The maximum atomic E-state index is 17.3. The van der Waals surface area contributed by atoms with Crippen LogP contribution < -0.4 is 0 Å². The van der Waals surface area contributed by atoms with E-state index in [9.17, 15) is 29.4 Å². The van der Waals surface area contributed by atoms with E-state index in [1.54, 1.807) is 26.8 Å². The third-order valence-corrected chi connectivity index (χ3v) is 9.77. The van der Waals surface area contributed by atoms with Crippen LogP contribution in [0.5, 0.6) is 0 Å². The molecule has 0 bridgehead atoms. The number of alkyl halides is 1. The topological polar surface area (TPSA) is 127 Å². The molecule has 198 valence electrons. The fourth-order valence-corrected chi connectivity index (χ4v) is 8.05. The Morgan fingerprint density at radius 2 is 1.83 bits per heavy atom. The van der Waals surface area contributed by atoms with E-state index < -0.39 is 70.3 Å². The second kappa shape index (κ2) is 8.87. The summed E-state index contributed by atoms with van der Waals surface area (Å²) in [4.78, 5) is 49.8. The highest BCUT2D eigenvalue weighted by atomic mass is 19.1. The van der Waals surface area contributed by atoms with Crippen LogP contribution >= 0.6 is 0 Å². The van der Waals surface area contributed by atoms with Gasteiger partial charge >= 0.3 is 11.9 Å². The summed E-state index contributed by atoms with van der Waals surface area (Å²) in [6.07, 6.45) is 3.31. The molecule has 0 unspecified atom stereocenters. The van der Waals surface area contributed by atoms with Crippen LogP contribution in [0, 0.1) is 28.6 Å². The van der Waals surface area contributed by atoms with Gasteiger partial charge in [-0.05, 0) is 50.7 Å². The van der Waals surface area contributed by atoms with Crippen LogP contribution in [0.3, 0.4) is 0 Å². The summed E-state index contributed by atoms with van der Waals surface area (Å²) < 4.78 is 27.7. The van der Waals surface area contributed by atoms with Crippen molar-refractivity contribution < 1.29 is 43.3 Å². The summed E-state index contributed by atoms with van der Waals surface area (Å²) in [6, 6.07) is 0. The van der Waals surface area contributed by atoms with E-state index in [4.69, 9.17) is 4.74 Å². The average Bonchev–Trinajstić information content (AvgIpc) is 3.05. The number of carbonyl (C=O) groups excluding carboxylic acids is 4. The fraction of sp³-hybridized carbons (Fsp3) is 0.704. The number of halogens is 1. The Morgan fingerprint density at radius 3 is 2.47 bits per heavy atom. The highest BCUT2D eigenvalue weighted by molar-refractivity contribution is 6.01. The van der Waals surface area contributed by atoms with Crippen LogP contribution in [0.25, 0.3) is 0 Å². The van der Waals surface area contributed by atoms with Crippen LogP contribution in [-0.2, 0) is 28.7 Å². The maximum absolute atomic E-state index is 17.3. The number of methoxy groups -OCH3 is 1. The lowest BCUT2D eigenvalue weighted by Gasteiger charge is -2.62. The van der Waals surface area contributed by atoms with Gasteiger partial charge in [0.15, 0.2) is 17.1 Å². The molecule has 0 heterocycles. The Morgan fingerprint density at radius 1 is 1.17 bits per heavy atom. The van der Waals surface area contributed by atoms with Crippen LogP contribution in [0.15, 0.2) is 23.8 Å². The first-order chi connectivity index (χ1) is 16.8. The van der Waals surface area contributed by atoms with Gasteiger partial charge in [0.25, 0.3) is 0 Å². The molecule has 36 heavy (non-hydrogen) atoms. The van der Waals surface area contributed by atoms with Crippen molar-refractivity contribution in [1.82, 2.24) is 0 Å². The van der Waals surface area contributed by atoms with E-state index >= 15 is 4.39 Å². The first-order valence-corrected chi connectivity index (χ1v) is 12.6. The van der Waals surface area contributed by atoms with Gasteiger partial charge in [0, 0.05) is 22.7 Å². The van der Waals surface area contributed by atoms with Gasteiger partial charge < -0.3 is 19.7 Å². The number of aliphatic hydroxyl groups excluding tert-OH is 2. The smallest absolute Gasteiger partial charge is 0.307 e. The zero-order chi connectivity index (χ0) is 26.7. The summed E-state index contributed by atoms with van der Waals surface area (Å²) >= 11 is 0. The third-order valence-electron chi connectivity index (χ3n) is 9.77. The van der Waals surface area contributed by atoms with Crippen LogP contribution in [0.1, 0.15) is 59.3 Å². The van der Waals surface area contributed by atoms with Gasteiger partial charge in [-0.1, -0.05) is 25.5 Å². The van der Waals surface area contributed by atoms with Crippen LogP contribution in [-0.4, -0.2) is 64.8 Å². The standard InChI is InChI=1S/C27H35FO8/c1-15-11-19-18-6-5-16-12-17(30)9-10-24(16,2)26(18,28)20(31)13-25(19,3)27(15,21(32)14-29)36-23(34)8-7-22(33)35-4/h9-10,12,15,18-20,29,31H,5-8,11,13-14H2,1-4H3/t15-,18-,19-,20-,24-,25-,26-,27-/m0/s1. The fourth-order valence-electron chi connectivity index (χ4n) is 8.05. The zero-order valence-corrected chi connectivity index (χ0v) is 21.2. The minimum Gasteiger partial charge on any atom is -0.469 e. The minimum absolute atomic E-state index is 0.171. The van der Waals surface area contributed by atoms with Gasteiger partial charge in [-0.15, -0.1) is 0 Å². The molecule has 0 aromatic heterocycles. The molecular weight excluding hydrogens is 471 g/mol. The summed E-state index contributed by atoms with van der Waals surface area (Å²) in [5, 5.41) is 21.4. The lowest BCUT2D eigenvalue weighted by molar-refractivity contribution is -0.228. The van der Waals surface area contributed by atoms with Crippen LogP contribution in [0.2, 0.25) is 0 Å². The van der Waals surface area contributed by atoms with Gasteiger partial charge in [0.2, 0.25) is 5.78 Å². The molecule has 9 heteroatoms. The Bertz CT molecular complexity index is 1050. The minimum atomic E-state index is -2.09. The molecule has 0 saturated heterocycles. The van der Waals surface area contributed by atoms with E-state index in [-0.39, 0.29) is 25.0 Å². The average molecular weight is 507 g/mol. The van der Waals surface area contributed by atoms with Gasteiger partial charge in [-0.25, -0.2) is 4.39 Å². The third kappa shape index (κ3) is 3.38. The summed E-state index contributed by atoms with van der Waals surface area (Å²) in [7, 11) is 1.20. The van der Waals surface area contributed by atoms with Crippen molar-refractivity contribution in [1.29, 1.82) is 0 Å². The quantitative estimate of drug-likeness (QED) is 0.526. The van der Waals surface area contributed by atoms with E-state index in [1.807, 2.05) is 0 Å². The molecule has 4 rings (SSSR count). The first-order valence-electron chi connectivity index (χ1n) is 12.6. The molecule has 3 fully saturated rings. The van der Waals surface area contributed by atoms with Gasteiger partial charge in [0.1, 0.15) is 6.61 Å². The summed E-state index contributed by atoms with van der Waals surface area (Å²) in [5.74, 6) is -3.97. The number of carbonyl (C=O) groups is 4. The molecule has 0 radical (unpaired) electrons. The van der Waals surface area contributed by atoms with Crippen molar-refractivity contribution >= 4 is 23.5 Å². The van der Waals surface area contributed by atoms with Crippen molar-refractivity contribution in [3.63, 3.8) is 0 Å². The molecule has 2 N–H and O–H groups in total. The number of hydrogen-bond acceptors (Lipinski definition) is 8. The number of Topliss-reactive ketones (excluding diaryl/α,β-unsaturated/α-hetero) is 1. The second-order valence-corrected chi connectivity index (χ2v) is 11.3. The summed E-state index contributed by atoms with van der Waals surface area (Å²) in [6.45, 7) is 4.30. The molecule has 0 spiro atoms. The number of esters is 2. The van der Waals surface area contributed by atoms with Crippen molar-refractivity contribution in [2.24, 2.45) is 28.6 Å². The highest BCUT2D eigenvalue weighted by Gasteiger charge is 2.77. The molecule has 0 aliphatic heterocycles. The number of ketones is 2. The largest absolute Gasteiger partial charge is 0.469 e. The Kier molecular flexibility index (Phi) is 6.57.